The van der Waals surface area contributed by atoms with Crippen LogP contribution in [0.2, 0.25) is 5.02 Å². The molecular weight excluding hydrogens is 370 g/mol. The van der Waals surface area contributed by atoms with E-state index in [2.05, 4.69) is 35.9 Å². The smallest absolute Gasteiger partial charge is 0.243 e. The quantitative estimate of drug-likeness (QED) is 0.607. The number of carbonyl (C=O) groups excluding carboxylic acids is 1. The number of aryl methyl sites for hydroxylation is 2. The lowest BCUT2D eigenvalue weighted by atomic mass is 10.1. The Morgan fingerprint density at radius 1 is 1.18 bits per heavy atom. The molecule has 0 aliphatic carbocycles. The van der Waals surface area contributed by atoms with Crippen LogP contribution in [0.3, 0.4) is 0 Å². The van der Waals surface area contributed by atoms with E-state index in [1.807, 2.05) is 45.0 Å². The van der Waals surface area contributed by atoms with Crippen LogP contribution in [-0.4, -0.2) is 21.5 Å². The summed E-state index contributed by atoms with van der Waals surface area (Å²) in [5.41, 5.74) is 5.31. The predicted octanol–water partition coefficient (Wildman–Crippen LogP) is 5.37. The third kappa shape index (κ3) is 4.07. The van der Waals surface area contributed by atoms with Crippen LogP contribution < -0.4 is 5.32 Å². The molecule has 1 heterocycles. The van der Waals surface area contributed by atoms with Crippen LogP contribution in [0.15, 0.2) is 36.4 Å². The molecule has 0 radical (unpaired) electrons. The number of nitrogens with one attached hydrogen (secondary N) is 1. The van der Waals surface area contributed by atoms with Gasteiger partial charge < -0.3 is 9.88 Å². The summed E-state index contributed by atoms with van der Waals surface area (Å²) in [6, 6.07) is 11.8. The average molecular weight is 398 g/mol. The summed E-state index contributed by atoms with van der Waals surface area (Å²) in [5, 5.41) is 3.78. The van der Waals surface area contributed by atoms with Gasteiger partial charge >= 0.3 is 0 Å². The number of imidazole rings is 1. The summed E-state index contributed by atoms with van der Waals surface area (Å²) in [6.07, 6.45) is 1.27. The number of carbonyl (C=O) groups is 1. The molecule has 148 valence electrons. The van der Waals surface area contributed by atoms with Gasteiger partial charge in [0.15, 0.2) is 0 Å². The summed E-state index contributed by atoms with van der Waals surface area (Å²) in [5.74, 6) is 0.884. The van der Waals surface area contributed by atoms with Gasteiger partial charge in [0.2, 0.25) is 5.91 Å². The number of amides is 1. The monoisotopic (exact) mass is 397 g/mol. The van der Waals surface area contributed by atoms with E-state index in [-0.39, 0.29) is 18.0 Å². The van der Waals surface area contributed by atoms with Crippen molar-refractivity contribution < 1.29 is 4.79 Å². The minimum atomic E-state index is -0.313. The van der Waals surface area contributed by atoms with Gasteiger partial charge in [-0.1, -0.05) is 36.7 Å². The van der Waals surface area contributed by atoms with E-state index in [1.54, 1.807) is 0 Å². The molecule has 1 amide bonds. The molecule has 3 rings (SSSR count). The molecule has 0 saturated carbocycles. The number of hydrogen-bond donors (Lipinski definition) is 1. The lowest BCUT2D eigenvalue weighted by Gasteiger charge is -2.22. The van der Waals surface area contributed by atoms with E-state index < -0.39 is 0 Å². The Morgan fingerprint density at radius 3 is 2.50 bits per heavy atom. The molecule has 3 aromatic rings. The van der Waals surface area contributed by atoms with E-state index in [0.29, 0.717) is 17.9 Å². The van der Waals surface area contributed by atoms with Crippen LogP contribution in [0.5, 0.6) is 0 Å². The van der Waals surface area contributed by atoms with Crippen LogP contribution in [0.1, 0.15) is 55.7 Å². The third-order valence-electron chi connectivity index (χ3n) is 5.12. The summed E-state index contributed by atoms with van der Waals surface area (Å²) in [7, 11) is 0. The second-order valence-electron chi connectivity index (χ2n) is 7.68. The zero-order chi connectivity index (χ0) is 20.4. The van der Waals surface area contributed by atoms with E-state index in [1.165, 1.54) is 11.1 Å². The largest absolute Gasteiger partial charge is 0.352 e. The highest BCUT2D eigenvalue weighted by molar-refractivity contribution is 6.31. The highest BCUT2D eigenvalue weighted by Gasteiger charge is 2.25. The van der Waals surface area contributed by atoms with Crippen molar-refractivity contribution in [2.45, 2.75) is 59.5 Å². The summed E-state index contributed by atoms with van der Waals surface area (Å²) in [4.78, 5) is 17.9. The van der Waals surface area contributed by atoms with Crippen molar-refractivity contribution in [1.29, 1.82) is 0 Å². The number of fused-ring (bicyclic) bond motifs is 1. The molecule has 5 heteroatoms. The molecule has 0 aliphatic heterocycles. The Bertz CT molecular complexity index is 1010. The molecule has 0 fully saturated rings. The number of benzene rings is 2. The first-order valence-electron chi connectivity index (χ1n) is 9.83. The predicted molar refractivity (Wildman–Crippen MR) is 116 cm³/mol. The van der Waals surface area contributed by atoms with E-state index >= 15 is 0 Å². The van der Waals surface area contributed by atoms with Gasteiger partial charge in [-0.15, -0.1) is 0 Å². The fraction of sp³-hybridized carbons (Fsp3) is 0.391. The Balaban J connectivity index is 2.17. The molecule has 0 aliphatic rings. The average Bonchev–Trinajstić information content (AvgIpc) is 2.95. The van der Waals surface area contributed by atoms with Crippen molar-refractivity contribution in [3.8, 4) is 0 Å². The molecule has 1 N–H and O–H groups in total. The van der Waals surface area contributed by atoms with Crippen molar-refractivity contribution in [3.63, 3.8) is 0 Å². The fourth-order valence-corrected chi connectivity index (χ4v) is 3.75. The Morgan fingerprint density at radius 2 is 1.86 bits per heavy atom. The van der Waals surface area contributed by atoms with Crippen molar-refractivity contribution in [3.05, 3.63) is 63.9 Å². The Kier molecular flexibility index (Phi) is 6.09. The van der Waals surface area contributed by atoms with Crippen molar-refractivity contribution in [1.82, 2.24) is 14.9 Å². The standard InChI is InChI=1S/C23H28ClN3O/c1-6-20(23(28)25-14(2)3)27-21-12-16(5)15(4)11-19(21)26-22(27)13-17-9-7-8-10-18(17)24/h7-12,14,20H,6,13H2,1-5H3,(H,25,28). The van der Waals surface area contributed by atoms with Crippen molar-refractivity contribution in [2.24, 2.45) is 0 Å². The zero-order valence-electron chi connectivity index (χ0n) is 17.2. The second kappa shape index (κ2) is 8.36. The van der Waals surface area contributed by atoms with Gasteiger partial charge in [-0.2, -0.15) is 0 Å². The summed E-state index contributed by atoms with van der Waals surface area (Å²) >= 11 is 6.40. The second-order valence-corrected chi connectivity index (χ2v) is 8.09. The first kappa shape index (κ1) is 20.4. The molecule has 28 heavy (non-hydrogen) atoms. The summed E-state index contributed by atoms with van der Waals surface area (Å²) < 4.78 is 2.10. The zero-order valence-corrected chi connectivity index (χ0v) is 18.0. The molecule has 2 aromatic carbocycles. The van der Waals surface area contributed by atoms with Crippen molar-refractivity contribution >= 4 is 28.5 Å². The van der Waals surface area contributed by atoms with E-state index in [0.717, 1.165) is 22.4 Å². The van der Waals surface area contributed by atoms with Gasteiger partial charge in [0, 0.05) is 17.5 Å². The Hall–Kier alpha value is -2.33. The topological polar surface area (TPSA) is 46.9 Å². The van der Waals surface area contributed by atoms with Crippen LogP contribution >= 0.6 is 11.6 Å². The van der Waals surface area contributed by atoms with Gasteiger partial charge in [-0.3, -0.25) is 4.79 Å². The molecule has 0 spiro atoms. The number of halogens is 1. The first-order chi connectivity index (χ1) is 13.3. The van der Waals surface area contributed by atoms with Crippen LogP contribution in [-0.2, 0) is 11.2 Å². The van der Waals surface area contributed by atoms with Gasteiger partial charge in [0.25, 0.3) is 0 Å². The van der Waals surface area contributed by atoms with Crippen LogP contribution in [0, 0.1) is 13.8 Å². The molecular formula is C23H28ClN3O. The van der Waals surface area contributed by atoms with Crippen LogP contribution in [0.4, 0.5) is 0 Å². The molecule has 4 nitrogen and oxygen atoms in total. The number of rotatable bonds is 6. The SMILES string of the molecule is CCC(C(=O)NC(C)C)n1c(Cc2ccccc2Cl)nc2cc(C)c(C)cc21. The molecule has 0 saturated heterocycles. The van der Waals surface area contributed by atoms with E-state index in [4.69, 9.17) is 16.6 Å². The van der Waals surface area contributed by atoms with Gasteiger partial charge in [0.1, 0.15) is 11.9 Å². The fourth-order valence-electron chi connectivity index (χ4n) is 3.55. The number of aromatic nitrogens is 2. The van der Waals surface area contributed by atoms with Gasteiger partial charge in [0.05, 0.1) is 11.0 Å². The van der Waals surface area contributed by atoms with Gasteiger partial charge in [-0.25, -0.2) is 4.98 Å². The maximum absolute atomic E-state index is 13.0. The highest BCUT2D eigenvalue weighted by Crippen LogP contribution is 2.29. The third-order valence-corrected chi connectivity index (χ3v) is 5.49. The van der Waals surface area contributed by atoms with E-state index in [9.17, 15) is 4.79 Å². The normalized spacial score (nSPS) is 12.5. The van der Waals surface area contributed by atoms with Gasteiger partial charge in [-0.05, 0) is 69.0 Å². The molecule has 1 atom stereocenters. The maximum Gasteiger partial charge on any atom is 0.243 e. The molecule has 0 bridgehead atoms. The summed E-state index contributed by atoms with van der Waals surface area (Å²) in [6.45, 7) is 10.2. The lowest BCUT2D eigenvalue weighted by molar-refractivity contribution is -0.124. The minimum absolute atomic E-state index is 0.0236. The maximum atomic E-state index is 13.0. The number of nitrogens with zero attached hydrogens (tertiary/aromatic N) is 2. The Labute approximate surface area is 171 Å². The first-order valence-corrected chi connectivity index (χ1v) is 10.2. The lowest BCUT2D eigenvalue weighted by Crippen LogP contribution is -2.37. The number of hydrogen-bond acceptors (Lipinski definition) is 2. The minimum Gasteiger partial charge on any atom is -0.352 e. The van der Waals surface area contributed by atoms with Crippen LogP contribution in [0.25, 0.3) is 11.0 Å². The highest BCUT2D eigenvalue weighted by atomic mass is 35.5. The molecule has 1 aromatic heterocycles. The molecule has 1 unspecified atom stereocenters. The van der Waals surface area contributed by atoms with Crippen molar-refractivity contribution in [2.75, 3.05) is 0 Å².